The van der Waals surface area contributed by atoms with Gasteiger partial charge in [-0.05, 0) is 37.9 Å². The fourth-order valence-corrected chi connectivity index (χ4v) is 3.39. The van der Waals surface area contributed by atoms with Gasteiger partial charge in [0.05, 0.1) is 36.6 Å². The summed E-state index contributed by atoms with van der Waals surface area (Å²) in [6.45, 7) is 3.18. The summed E-state index contributed by atoms with van der Waals surface area (Å²) in [6, 6.07) is 9.18. The molecule has 2 amide bonds. The summed E-state index contributed by atoms with van der Waals surface area (Å²) in [5.41, 5.74) is 7.01. The van der Waals surface area contributed by atoms with Crippen molar-refractivity contribution in [1.82, 2.24) is 25.2 Å². The predicted molar refractivity (Wildman–Crippen MR) is 110 cm³/mol. The highest BCUT2D eigenvalue weighted by molar-refractivity contribution is 5.93. The van der Waals surface area contributed by atoms with Gasteiger partial charge in [0.1, 0.15) is 0 Å². The molecule has 1 aliphatic rings. The Labute approximate surface area is 175 Å². The molecule has 0 aliphatic carbocycles. The largest absolute Gasteiger partial charge is 0.369 e. The molecule has 1 aromatic heterocycles. The van der Waals surface area contributed by atoms with Crippen LogP contribution in [0.3, 0.4) is 0 Å². The van der Waals surface area contributed by atoms with Gasteiger partial charge >= 0.3 is 0 Å². The molecule has 0 bridgehead atoms. The third-order valence-corrected chi connectivity index (χ3v) is 5.20. The van der Waals surface area contributed by atoms with E-state index in [4.69, 9.17) is 5.73 Å². The van der Waals surface area contributed by atoms with Gasteiger partial charge in [0, 0.05) is 12.5 Å². The van der Waals surface area contributed by atoms with E-state index in [2.05, 4.69) is 15.6 Å². The lowest BCUT2D eigenvalue weighted by Gasteiger charge is -2.20. The van der Waals surface area contributed by atoms with Crippen LogP contribution in [0.25, 0.3) is 5.69 Å². The number of Topliss-reactive ketones (excluding diaryl/α,β-unsaturated/α-hetero) is 1. The van der Waals surface area contributed by atoms with Gasteiger partial charge in [-0.25, -0.2) is 4.68 Å². The second-order valence-corrected chi connectivity index (χ2v) is 7.60. The number of likely N-dealkylation sites (tertiary alicyclic amines) is 1. The molecule has 1 aromatic carbocycles. The third kappa shape index (κ3) is 5.73. The van der Waals surface area contributed by atoms with Crippen molar-refractivity contribution in [3.05, 3.63) is 48.6 Å². The summed E-state index contributed by atoms with van der Waals surface area (Å²) in [4.78, 5) is 38.0. The standard InChI is InChI=1S/C21H27N6O3/c1-15(21(22)30)9-10-20(29)24-18-8-5-11-26(14-19(18)28)13-17-12-23-25-27(17)16-6-3-2-4-7-16/h2-4,6-7,10,12,15,18H,5,8-9,11,13-14H2,1H3,(H2,22,30)(H,24,29)/t15?,18-/m0/s1. The highest BCUT2D eigenvalue weighted by atomic mass is 16.2. The fraction of sp³-hybridized carbons (Fsp3) is 0.429. The lowest BCUT2D eigenvalue weighted by molar-refractivity contribution is -0.126. The molecule has 2 aromatic rings. The van der Waals surface area contributed by atoms with Crippen molar-refractivity contribution < 1.29 is 14.4 Å². The Kier molecular flexibility index (Phi) is 7.29. The maximum atomic E-state index is 12.7. The zero-order valence-corrected chi connectivity index (χ0v) is 17.0. The van der Waals surface area contributed by atoms with Crippen LogP contribution in [-0.4, -0.2) is 56.6 Å². The van der Waals surface area contributed by atoms with Crippen LogP contribution in [0.4, 0.5) is 0 Å². The Morgan fingerprint density at radius 3 is 2.83 bits per heavy atom. The maximum absolute atomic E-state index is 12.7. The molecule has 159 valence electrons. The molecule has 1 unspecified atom stereocenters. The van der Waals surface area contributed by atoms with Crippen molar-refractivity contribution in [2.75, 3.05) is 13.1 Å². The molecule has 3 N–H and O–H groups in total. The van der Waals surface area contributed by atoms with Crippen LogP contribution in [-0.2, 0) is 20.9 Å². The van der Waals surface area contributed by atoms with Crippen molar-refractivity contribution in [2.24, 2.45) is 11.7 Å². The van der Waals surface area contributed by atoms with Crippen molar-refractivity contribution in [1.29, 1.82) is 0 Å². The molecule has 1 saturated heterocycles. The summed E-state index contributed by atoms with van der Waals surface area (Å²) in [7, 11) is 0. The lowest BCUT2D eigenvalue weighted by atomic mass is 10.0. The Balaban J connectivity index is 1.55. The van der Waals surface area contributed by atoms with E-state index in [1.165, 1.54) is 6.42 Å². The Hall–Kier alpha value is -3.07. The molecule has 9 heteroatoms. The third-order valence-electron chi connectivity index (χ3n) is 5.20. The molecular formula is C21H27N6O3. The summed E-state index contributed by atoms with van der Waals surface area (Å²) < 4.78 is 1.77. The average Bonchev–Trinajstić information content (AvgIpc) is 3.12. The van der Waals surface area contributed by atoms with E-state index in [0.29, 0.717) is 13.0 Å². The minimum Gasteiger partial charge on any atom is -0.369 e. The number of nitrogens with zero attached hydrogens (tertiary/aromatic N) is 4. The molecule has 1 aliphatic heterocycles. The maximum Gasteiger partial charge on any atom is 0.224 e. The van der Waals surface area contributed by atoms with Crippen molar-refractivity contribution in [3.8, 4) is 5.69 Å². The number of hydrogen-bond acceptors (Lipinski definition) is 6. The number of primary amides is 1. The van der Waals surface area contributed by atoms with Gasteiger partial charge in [0.25, 0.3) is 0 Å². The van der Waals surface area contributed by atoms with Gasteiger partial charge in [-0.3, -0.25) is 19.3 Å². The second kappa shape index (κ2) is 10.1. The van der Waals surface area contributed by atoms with E-state index < -0.39 is 17.9 Å². The zero-order valence-electron chi connectivity index (χ0n) is 17.0. The average molecular weight is 411 g/mol. The van der Waals surface area contributed by atoms with Crippen molar-refractivity contribution in [3.63, 3.8) is 0 Å². The number of carbonyl (C=O) groups is 3. The van der Waals surface area contributed by atoms with E-state index in [1.54, 1.807) is 17.8 Å². The number of amides is 2. The van der Waals surface area contributed by atoms with Crippen LogP contribution in [0.2, 0.25) is 0 Å². The highest BCUT2D eigenvalue weighted by Gasteiger charge is 2.27. The van der Waals surface area contributed by atoms with Gasteiger partial charge in [0.2, 0.25) is 11.8 Å². The summed E-state index contributed by atoms with van der Waals surface area (Å²) in [6.07, 6.45) is 4.70. The normalized spacial score (nSPS) is 18.6. The molecule has 1 fully saturated rings. The van der Waals surface area contributed by atoms with Gasteiger partial charge in [-0.1, -0.05) is 30.3 Å². The lowest BCUT2D eigenvalue weighted by Crippen LogP contribution is -2.43. The number of benzene rings is 1. The predicted octanol–water partition coefficient (Wildman–Crippen LogP) is 0.633. The van der Waals surface area contributed by atoms with Crippen LogP contribution in [0, 0.1) is 12.3 Å². The van der Waals surface area contributed by atoms with Crippen LogP contribution in [0.1, 0.15) is 31.9 Å². The fourth-order valence-electron chi connectivity index (χ4n) is 3.39. The van der Waals surface area contributed by atoms with Gasteiger partial charge in [-0.2, -0.15) is 0 Å². The van der Waals surface area contributed by atoms with Gasteiger partial charge < -0.3 is 11.1 Å². The number of para-hydroxylation sites is 1. The minimum atomic E-state index is -0.528. The van der Waals surface area contributed by atoms with Crippen molar-refractivity contribution in [2.45, 2.75) is 38.8 Å². The monoisotopic (exact) mass is 411 g/mol. The second-order valence-electron chi connectivity index (χ2n) is 7.60. The first-order valence-corrected chi connectivity index (χ1v) is 10.1. The van der Waals surface area contributed by atoms with Crippen LogP contribution in [0.5, 0.6) is 0 Å². The Bertz CT molecular complexity index is 882. The Morgan fingerprint density at radius 1 is 1.33 bits per heavy atom. The van der Waals surface area contributed by atoms with Gasteiger partial charge in [0.15, 0.2) is 5.78 Å². The molecule has 2 heterocycles. The van der Waals surface area contributed by atoms with Gasteiger partial charge in [-0.15, -0.1) is 5.10 Å². The SMILES string of the molecule is CC(C[CH]C(=O)N[C@H]1CCCN(Cc2cnnn2-c2ccccc2)CC1=O)C(N)=O. The van der Waals surface area contributed by atoms with Crippen molar-refractivity contribution >= 4 is 17.6 Å². The van der Waals surface area contributed by atoms with Crippen LogP contribution < -0.4 is 11.1 Å². The summed E-state index contributed by atoms with van der Waals surface area (Å²) >= 11 is 0. The number of nitrogens with one attached hydrogen (secondary N) is 1. The molecule has 2 atom stereocenters. The van der Waals surface area contributed by atoms with E-state index in [9.17, 15) is 14.4 Å². The number of nitrogens with two attached hydrogens (primary N) is 1. The van der Waals surface area contributed by atoms with E-state index in [-0.39, 0.29) is 24.7 Å². The zero-order chi connectivity index (χ0) is 21.5. The first kappa shape index (κ1) is 21.6. The number of carbonyl (C=O) groups excluding carboxylic acids is 3. The Morgan fingerprint density at radius 2 is 2.10 bits per heavy atom. The van der Waals surface area contributed by atoms with Crippen LogP contribution >= 0.6 is 0 Å². The van der Waals surface area contributed by atoms with Crippen LogP contribution in [0.15, 0.2) is 36.5 Å². The summed E-state index contributed by atoms with van der Waals surface area (Å²) in [5.74, 6) is -1.25. The minimum absolute atomic E-state index is 0.0315. The molecule has 0 saturated carbocycles. The molecule has 30 heavy (non-hydrogen) atoms. The molecule has 0 spiro atoms. The quantitative estimate of drug-likeness (QED) is 0.657. The smallest absolute Gasteiger partial charge is 0.224 e. The highest BCUT2D eigenvalue weighted by Crippen LogP contribution is 2.15. The number of rotatable bonds is 8. The van der Waals surface area contributed by atoms with E-state index in [0.717, 1.165) is 24.3 Å². The topological polar surface area (TPSA) is 123 Å². The number of hydrogen-bond donors (Lipinski definition) is 2. The number of aromatic nitrogens is 3. The first-order valence-electron chi connectivity index (χ1n) is 10.1. The summed E-state index contributed by atoms with van der Waals surface area (Å²) in [5, 5.41) is 10.9. The number of ketones is 1. The molecule has 3 rings (SSSR count). The first-order chi connectivity index (χ1) is 14.4. The molecule has 9 nitrogen and oxygen atoms in total. The van der Waals surface area contributed by atoms with E-state index in [1.807, 2.05) is 35.2 Å². The van der Waals surface area contributed by atoms with E-state index >= 15 is 0 Å². The molecule has 1 radical (unpaired) electrons. The molecular weight excluding hydrogens is 384 g/mol.